The molecular formula is C17H23N3. The van der Waals surface area contributed by atoms with Crippen LogP contribution in [-0.4, -0.2) is 18.1 Å². The average Bonchev–Trinajstić information content (AvgIpc) is 2.71. The quantitative estimate of drug-likeness (QED) is 0.779. The molecule has 0 radical (unpaired) electrons. The number of nitrogens with zero attached hydrogens (tertiary/aromatic N) is 3. The van der Waals surface area contributed by atoms with Crippen molar-refractivity contribution in [2.45, 2.75) is 47.7 Å². The van der Waals surface area contributed by atoms with Crippen molar-refractivity contribution in [1.29, 1.82) is 5.26 Å². The lowest BCUT2D eigenvalue weighted by molar-refractivity contribution is 0.382. The van der Waals surface area contributed by atoms with Crippen molar-refractivity contribution in [2.75, 3.05) is 11.9 Å². The molecule has 3 heteroatoms. The molecule has 2 rings (SSSR count). The van der Waals surface area contributed by atoms with Gasteiger partial charge in [-0.2, -0.15) is 5.26 Å². The molecule has 0 aromatic heterocycles. The van der Waals surface area contributed by atoms with Gasteiger partial charge in [-0.25, -0.2) is 0 Å². The van der Waals surface area contributed by atoms with E-state index in [1.54, 1.807) is 0 Å². The van der Waals surface area contributed by atoms with E-state index in [1.165, 1.54) is 33.5 Å². The maximum absolute atomic E-state index is 9.42. The molecule has 0 amide bonds. The normalized spacial score (nSPS) is 18.3. The average molecular weight is 269 g/mol. The molecule has 0 saturated carbocycles. The Hall–Kier alpha value is -1.95. The van der Waals surface area contributed by atoms with Crippen LogP contribution in [0.1, 0.15) is 34.7 Å². The van der Waals surface area contributed by atoms with E-state index in [9.17, 15) is 5.26 Å². The summed E-state index contributed by atoms with van der Waals surface area (Å²) in [6.07, 6.45) is 2.09. The van der Waals surface area contributed by atoms with E-state index in [4.69, 9.17) is 0 Å². The lowest BCUT2D eigenvalue weighted by atomic mass is 9.92. The van der Waals surface area contributed by atoms with Gasteiger partial charge in [-0.1, -0.05) is 0 Å². The lowest BCUT2D eigenvalue weighted by Gasteiger charge is -2.32. The fourth-order valence-corrected chi connectivity index (χ4v) is 2.98. The molecule has 0 fully saturated rings. The first kappa shape index (κ1) is 14.5. The third-order valence-corrected chi connectivity index (χ3v) is 4.86. The summed E-state index contributed by atoms with van der Waals surface area (Å²) in [5, 5.41) is 9.42. The second-order valence-corrected chi connectivity index (χ2v) is 5.77. The molecule has 0 unspecified atom stereocenters. The highest BCUT2D eigenvalue weighted by Gasteiger charge is 2.31. The van der Waals surface area contributed by atoms with E-state index in [-0.39, 0.29) is 6.17 Å². The Balaban J connectivity index is 2.72. The molecule has 1 atom stereocenters. The lowest BCUT2D eigenvalue weighted by Crippen LogP contribution is -2.36. The number of anilines is 1. The van der Waals surface area contributed by atoms with Gasteiger partial charge >= 0.3 is 0 Å². The SMILES string of the molecule is Cc1c(C)c(C)c(N2C(C#N)=CN(C)[C@@H]2C)c(C)c1C. The zero-order valence-electron chi connectivity index (χ0n) is 13.5. The van der Waals surface area contributed by atoms with Crippen LogP contribution in [-0.2, 0) is 0 Å². The van der Waals surface area contributed by atoms with E-state index in [2.05, 4.69) is 57.4 Å². The van der Waals surface area contributed by atoms with E-state index < -0.39 is 0 Å². The topological polar surface area (TPSA) is 30.3 Å². The van der Waals surface area contributed by atoms with Gasteiger partial charge in [-0.05, 0) is 69.4 Å². The van der Waals surface area contributed by atoms with Crippen molar-refractivity contribution in [1.82, 2.24) is 4.90 Å². The summed E-state index contributed by atoms with van der Waals surface area (Å²) in [6.45, 7) is 13.0. The first-order valence-corrected chi connectivity index (χ1v) is 7.01. The summed E-state index contributed by atoms with van der Waals surface area (Å²) in [6, 6.07) is 2.33. The second-order valence-electron chi connectivity index (χ2n) is 5.77. The maximum atomic E-state index is 9.42. The van der Waals surface area contributed by atoms with Crippen molar-refractivity contribution in [3.8, 4) is 6.07 Å². The van der Waals surface area contributed by atoms with Crippen molar-refractivity contribution in [2.24, 2.45) is 0 Å². The standard InChI is InChI=1S/C17H23N3/c1-10-11(2)13(4)17(14(5)12(10)3)20-15(6)19(7)9-16(20)8-18/h9,15H,1-7H3/t15-/m0/s1. The van der Waals surface area contributed by atoms with Gasteiger partial charge in [0.15, 0.2) is 0 Å². The molecule has 1 heterocycles. The molecule has 1 aromatic rings. The fraction of sp³-hybridized carbons (Fsp3) is 0.471. The van der Waals surface area contributed by atoms with Crippen LogP contribution in [0.5, 0.6) is 0 Å². The van der Waals surface area contributed by atoms with Gasteiger partial charge in [0.1, 0.15) is 17.9 Å². The van der Waals surface area contributed by atoms with Gasteiger partial charge in [0, 0.05) is 13.2 Å². The molecular weight excluding hydrogens is 246 g/mol. The van der Waals surface area contributed by atoms with Crippen LogP contribution in [0.25, 0.3) is 0 Å². The first-order chi connectivity index (χ1) is 9.31. The molecule has 3 nitrogen and oxygen atoms in total. The Labute approximate surface area is 122 Å². The maximum Gasteiger partial charge on any atom is 0.138 e. The largest absolute Gasteiger partial charge is 0.358 e. The third-order valence-electron chi connectivity index (χ3n) is 4.86. The highest BCUT2D eigenvalue weighted by molar-refractivity contribution is 5.71. The Bertz CT molecular complexity index is 606. The molecule has 0 aliphatic carbocycles. The predicted octanol–water partition coefficient (Wildman–Crippen LogP) is 3.69. The van der Waals surface area contributed by atoms with Crippen LogP contribution in [0.2, 0.25) is 0 Å². The van der Waals surface area contributed by atoms with Gasteiger partial charge in [0.05, 0.1) is 5.69 Å². The molecule has 0 bridgehead atoms. The Morgan fingerprint density at radius 3 is 1.85 bits per heavy atom. The zero-order chi connectivity index (χ0) is 15.2. The third kappa shape index (κ3) is 1.87. The zero-order valence-corrected chi connectivity index (χ0v) is 13.5. The highest BCUT2D eigenvalue weighted by atomic mass is 15.4. The van der Waals surface area contributed by atoms with Crippen molar-refractivity contribution >= 4 is 5.69 Å². The van der Waals surface area contributed by atoms with E-state index in [0.29, 0.717) is 5.70 Å². The number of rotatable bonds is 1. The van der Waals surface area contributed by atoms with Crippen LogP contribution >= 0.6 is 0 Å². The van der Waals surface area contributed by atoms with Gasteiger partial charge in [0.25, 0.3) is 0 Å². The van der Waals surface area contributed by atoms with Gasteiger partial charge in [-0.15, -0.1) is 0 Å². The van der Waals surface area contributed by atoms with Gasteiger partial charge in [0.2, 0.25) is 0 Å². The van der Waals surface area contributed by atoms with Crippen LogP contribution < -0.4 is 4.90 Å². The minimum absolute atomic E-state index is 0.170. The van der Waals surface area contributed by atoms with Crippen molar-refractivity contribution in [3.63, 3.8) is 0 Å². The van der Waals surface area contributed by atoms with E-state index in [0.717, 1.165) is 0 Å². The summed E-state index contributed by atoms with van der Waals surface area (Å²) in [4.78, 5) is 4.24. The molecule has 1 aliphatic heterocycles. The molecule has 1 aliphatic rings. The monoisotopic (exact) mass is 269 g/mol. The van der Waals surface area contributed by atoms with Crippen molar-refractivity contribution in [3.05, 3.63) is 39.7 Å². The number of nitriles is 1. The highest BCUT2D eigenvalue weighted by Crippen LogP contribution is 2.38. The van der Waals surface area contributed by atoms with Gasteiger partial charge < -0.3 is 9.80 Å². The van der Waals surface area contributed by atoms with Crippen LogP contribution in [0.4, 0.5) is 5.69 Å². The number of hydrogen-bond acceptors (Lipinski definition) is 3. The smallest absolute Gasteiger partial charge is 0.138 e. The molecule has 0 N–H and O–H groups in total. The van der Waals surface area contributed by atoms with E-state index >= 15 is 0 Å². The summed E-state index contributed by atoms with van der Waals surface area (Å²) < 4.78 is 0. The molecule has 106 valence electrons. The predicted molar refractivity (Wildman–Crippen MR) is 83.5 cm³/mol. The number of benzene rings is 1. The summed E-state index contributed by atoms with van der Waals surface area (Å²) in [7, 11) is 2.01. The molecule has 0 saturated heterocycles. The summed E-state index contributed by atoms with van der Waals surface area (Å²) in [5.74, 6) is 0. The van der Waals surface area contributed by atoms with Crippen LogP contribution in [0.15, 0.2) is 11.9 Å². The Morgan fingerprint density at radius 2 is 1.40 bits per heavy atom. The first-order valence-electron chi connectivity index (χ1n) is 7.01. The number of hydrogen-bond donors (Lipinski definition) is 0. The summed E-state index contributed by atoms with van der Waals surface area (Å²) >= 11 is 0. The minimum Gasteiger partial charge on any atom is -0.358 e. The minimum atomic E-state index is 0.170. The molecule has 0 spiro atoms. The van der Waals surface area contributed by atoms with E-state index in [1.807, 2.05) is 13.2 Å². The second kappa shape index (κ2) is 4.86. The molecule has 1 aromatic carbocycles. The van der Waals surface area contributed by atoms with Crippen LogP contribution in [0, 0.1) is 45.9 Å². The van der Waals surface area contributed by atoms with Crippen LogP contribution in [0.3, 0.4) is 0 Å². The summed E-state index contributed by atoms with van der Waals surface area (Å²) in [5.41, 5.74) is 8.45. The Morgan fingerprint density at radius 1 is 0.950 bits per heavy atom. The molecule has 20 heavy (non-hydrogen) atoms. The number of allylic oxidation sites excluding steroid dienone is 1. The van der Waals surface area contributed by atoms with Gasteiger partial charge in [-0.3, -0.25) is 0 Å². The van der Waals surface area contributed by atoms with Crippen molar-refractivity contribution < 1.29 is 0 Å². The Kier molecular flexibility index (Phi) is 3.52. The fourth-order valence-electron chi connectivity index (χ4n) is 2.98.